The largest absolute Gasteiger partial charge is 0.357 e. The zero-order valence-corrected chi connectivity index (χ0v) is 12.5. The van der Waals surface area contributed by atoms with E-state index >= 15 is 0 Å². The molecule has 2 heterocycles. The molecular formula is C15H19BrN2. The van der Waals surface area contributed by atoms with Crippen LogP contribution >= 0.6 is 15.9 Å². The lowest BCUT2D eigenvalue weighted by atomic mass is 10.0. The van der Waals surface area contributed by atoms with Crippen LogP contribution in [0, 0.1) is 0 Å². The number of aromatic amines is 1. The van der Waals surface area contributed by atoms with Gasteiger partial charge in [-0.3, -0.25) is 0 Å². The van der Waals surface area contributed by atoms with E-state index in [1.54, 1.807) is 0 Å². The van der Waals surface area contributed by atoms with E-state index in [4.69, 9.17) is 0 Å². The van der Waals surface area contributed by atoms with Gasteiger partial charge in [0.1, 0.15) is 0 Å². The van der Waals surface area contributed by atoms with Gasteiger partial charge in [-0.25, -0.2) is 0 Å². The molecule has 2 N–H and O–H groups in total. The third-order valence-corrected chi connectivity index (χ3v) is 4.78. The van der Waals surface area contributed by atoms with Gasteiger partial charge in [0.2, 0.25) is 0 Å². The van der Waals surface area contributed by atoms with Gasteiger partial charge in [0, 0.05) is 33.5 Å². The van der Waals surface area contributed by atoms with Crippen molar-refractivity contribution in [3.8, 4) is 0 Å². The normalized spacial score (nSPS) is 20.1. The third kappa shape index (κ3) is 1.99. The Labute approximate surface area is 116 Å². The van der Waals surface area contributed by atoms with Gasteiger partial charge in [0.25, 0.3) is 0 Å². The number of aromatic nitrogens is 1. The number of fused-ring (bicyclic) bond motifs is 1. The maximum atomic E-state index is 3.79. The van der Waals surface area contributed by atoms with Gasteiger partial charge in [-0.05, 0) is 52.5 Å². The highest BCUT2D eigenvalue weighted by molar-refractivity contribution is 9.10. The molecule has 1 saturated heterocycles. The Balaban J connectivity index is 2.09. The van der Waals surface area contributed by atoms with Crippen molar-refractivity contribution >= 4 is 26.8 Å². The van der Waals surface area contributed by atoms with E-state index in [2.05, 4.69) is 58.3 Å². The van der Waals surface area contributed by atoms with E-state index in [9.17, 15) is 0 Å². The molecule has 1 fully saturated rings. The summed E-state index contributed by atoms with van der Waals surface area (Å²) < 4.78 is 1.26. The first-order chi connectivity index (χ1) is 8.66. The fourth-order valence-electron chi connectivity index (χ4n) is 2.74. The van der Waals surface area contributed by atoms with E-state index in [1.807, 2.05) is 0 Å². The van der Waals surface area contributed by atoms with Crippen LogP contribution < -0.4 is 5.32 Å². The van der Waals surface area contributed by atoms with E-state index in [0.29, 0.717) is 11.8 Å². The molecule has 1 aliphatic rings. The number of halogens is 1. The van der Waals surface area contributed by atoms with Gasteiger partial charge < -0.3 is 10.3 Å². The molecule has 0 radical (unpaired) electrons. The fraction of sp³-hybridized carbons (Fsp3) is 0.467. The monoisotopic (exact) mass is 306 g/mol. The first-order valence-corrected chi connectivity index (χ1v) is 7.48. The van der Waals surface area contributed by atoms with Crippen molar-refractivity contribution in [1.82, 2.24) is 10.3 Å². The molecule has 1 aromatic heterocycles. The lowest BCUT2D eigenvalue weighted by Gasteiger charge is -2.06. The second-order valence-electron chi connectivity index (χ2n) is 5.50. The zero-order chi connectivity index (χ0) is 12.7. The second-order valence-corrected chi connectivity index (χ2v) is 6.30. The Morgan fingerprint density at radius 3 is 2.83 bits per heavy atom. The van der Waals surface area contributed by atoms with Gasteiger partial charge in [-0.2, -0.15) is 0 Å². The Morgan fingerprint density at radius 2 is 2.17 bits per heavy atom. The molecule has 0 bridgehead atoms. The van der Waals surface area contributed by atoms with Crippen molar-refractivity contribution < 1.29 is 0 Å². The Morgan fingerprint density at radius 1 is 1.33 bits per heavy atom. The second kappa shape index (κ2) is 4.71. The Bertz CT molecular complexity index is 565. The number of H-pyrrole nitrogens is 1. The van der Waals surface area contributed by atoms with Crippen LogP contribution in [0.2, 0.25) is 0 Å². The first-order valence-electron chi connectivity index (χ1n) is 6.68. The van der Waals surface area contributed by atoms with Crippen molar-refractivity contribution in [2.45, 2.75) is 32.1 Å². The summed E-state index contributed by atoms with van der Waals surface area (Å²) in [6.45, 7) is 6.69. The molecule has 3 heteroatoms. The summed E-state index contributed by atoms with van der Waals surface area (Å²) in [6, 6.07) is 6.75. The minimum atomic E-state index is 0.577. The molecule has 1 aromatic carbocycles. The van der Waals surface area contributed by atoms with Crippen LogP contribution in [0.5, 0.6) is 0 Å². The molecule has 2 nitrogen and oxygen atoms in total. The molecule has 0 aliphatic carbocycles. The first kappa shape index (κ1) is 12.2. The highest BCUT2D eigenvalue weighted by Gasteiger charge is 2.22. The van der Waals surface area contributed by atoms with Crippen molar-refractivity contribution in [2.75, 3.05) is 13.1 Å². The molecule has 1 unspecified atom stereocenters. The minimum absolute atomic E-state index is 0.577. The van der Waals surface area contributed by atoms with Gasteiger partial charge in [-0.1, -0.05) is 19.9 Å². The highest BCUT2D eigenvalue weighted by Crippen LogP contribution is 2.36. The minimum Gasteiger partial charge on any atom is -0.357 e. The summed E-state index contributed by atoms with van der Waals surface area (Å²) in [7, 11) is 0. The fourth-order valence-corrected chi connectivity index (χ4v) is 3.49. The molecule has 1 atom stereocenters. The summed E-state index contributed by atoms with van der Waals surface area (Å²) in [6.07, 6.45) is 1.22. The maximum absolute atomic E-state index is 3.79. The summed E-state index contributed by atoms with van der Waals surface area (Å²) >= 11 is 3.79. The summed E-state index contributed by atoms with van der Waals surface area (Å²) in [5.41, 5.74) is 4.00. The molecular weight excluding hydrogens is 288 g/mol. The molecule has 96 valence electrons. The van der Waals surface area contributed by atoms with E-state index in [1.165, 1.54) is 33.1 Å². The van der Waals surface area contributed by atoms with E-state index < -0.39 is 0 Å². The van der Waals surface area contributed by atoms with Gasteiger partial charge in [-0.15, -0.1) is 0 Å². The average molecular weight is 307 g/mol. The van der Waals surface area contributed by atoms with Crippen LogP contribution in [0.15, 0.2) is 22.7 Å². The number of hydrogen-bond acceptors (Lipinski definition) is 1. The molecule has 0 amide bonds. The highest BCUT2D eigenvalue weighted by atomic mass is 79.9. The maximum Gasteiger partial charge on any atom is 0.0468 e. The number of nitrogens with one attached hydrogen (secondary N) is 2. The lowest BCUT2D eigenvalue weighted by molar-refractivity contribution is 0.740. The van der Waals surface area contributed by atoms with Crippen LogP contribution in [0.1, 0.15) is 43.4 Å². The van der Waals surface area contributed by atoms with Gasteiger partial charge >= 0.3 is 0 Å². The smallest absolute Gasteiger partial charge is 0.0468 e. The Hall–Kier alpha value is -0.800. The van der Waals surface area contributed by atoms with Crippen LogP contribution in [-0.4, -0.2) is 18.1 Å². The van der Waals surface area contributed by atoms with Crippen molar-refractivity contribution in [3.05, 3.63) is 33.9 Å². The predicted molar refractivity (Wildman–Crippen MR) is 80.3 cm³/mol. The van der Waals surface area contributed by atoms with E-state index in [0.717, 1.165) is 13.1 Å². The number of rotatable bonds is 2. The molecule has 1 aliphatic heterocycles. The number of benzene rings is 1. The number of hydrogen-bond donors (Lipinski definition) is 2. The van der Waals surface area contributed by atoms with Crippen molar-refractivity contribution in [2.24, 2.45) is 0 Å². The average Bonchev–Trinajstić information content (AvgIpc) is 2.97. The third-order valence-electron chi connectivity index (χ3n) is 3.92. The zero-order valence-electron chi connectivity index (χ0n) is 10.9. The van der Waals surface area contributed by atoms with Crippen LogP contribution in [0.25, 0.3) is 10.9 Å². The summed E-state index contributed by atoms with van der Waals surface area (Å²) in [5, 5.41) is 4.75. The molecule has 2 aromatic rings. The molecule has 0 spiro atoms. The topological polar surface area (TPSA) is 27.8 Å². The summed E-state index contributed by atoms with van der Waals surface area (Å²) in [4.78, 5) is 3.59. The lowest BCUT2D eigenvalue weighted by Crippen LogP contribution is -2.08. The quantitative estimate of drug-likeness (QED) is 0.858. The standard InChI is InChI=1S/C15H19BrN2/c1-9(2)10-3-4-13-12(7-10)14(16)15(18-13)11-5-6-17-8-11/h3-4,7,9,11,17-18H,5-6,8H2,1-2H3. The Kier molecular flexibility index (Phi) is 3.20. The van der Waals surface area contributed by atoms with Crippen LogP contribution in [0.3, 0.4) is 0 Å². The molecule has 0 saturated carbocycles. The van der Waals surface area contributed by atoms with E-state index in [-0.39, 0.29) is 0 Å². The van der Waals surface area contributed by atoms with Gasteiger partial charge in [0.15, 0.2) is 0 Å². The predicted octanol–water partition coefficient (Wildman–Crippen LogP) is 4.13. The van der Waals surface area contributed by atoms with Crippen molar-refractivity contribution in [1.29, 1.82) is 0 Å². The molecule has 3 rings (SSSR count). The van der Waals surface area contributed by atoms with Gasteiger partial charge in [0.05, 0.1) is 0 Å². The SMILES string of the molecule is CC(C)c1ccc2[nH]c(C3CCNC3)c(Br)c2c1. The summed E-state index contributed by atoms with van der Waals surface area (Å²) in [5.74, 6) is 1.20. The van der Waals surface area contributed by atoms with Crippen molar-refractivity contribution in [3.63, 3.8) is 0 Å². The molecule has 18 heavy (non-hydrogen) atoms. The van der Waals surface area contributed by atoms with Crippen LogP contribution in [0.4, 0.5) is 0 Å². The van der Waals surface area contributed by atoms with Crippen LogP contribution in [-0.2, 0) is 0 Å².